The molecular weight excluding hydrogens is 170 g/mol. The molecule has 2 aliphatic carbocycles. The highest BCUT2D eigenvalue weighted by atomic mass is 15.1. The smallest absolute Gasteiger partial charge is 0.00165 e. The average Bonchev–Trinajstić information content (AvgIpc) is 2.16. The van der Waals surface area contributed by atoms with Gasteiger partial charge in [0.05, 0.1) is 0 Å². The van der Waals surface area contributed by atoms with Crippen molar-refractivity contribution < 1.29 is 0 Å². The van der Waals surface area contributed by atoms with Crippen LogP contribution in [0, 0.1) is 17.3 Å². The summed E-state index contributed by atoms with van der Waals surface area (Å²) in [6.07, 6.45) is 10.8. The fourth-order valence-electron chi connectivity index (χ4n) is 3.98. The van der Waals surface area contributed by atoms with Gasteiger partial charge in [-0.05, 0) is 82.3 Å². The van der Waals surface area contributed by atoms with Crippen molar-refractivity contribution in [2.45, 2.75) is 44.9 Å². The van der Waals surface area contributed by atoms with Crippen molar-refractivity contribution in [1.82, 2.24) is 4.90 Å². The maximum Gasteiger partial charge on any atom is -0.00165 e. The highest BCUT2D eigenvalue weighted by molar-refractivity contribution is 4.96. The van der Waals surface area contributed by atoms with Crippen LogP contribution < -0.4 is 0 Å². The summed E-state index contributed by atoms with van der Waals surface area (Å²) in [6.45, 7) is 2.72. The van der Waals surface area contributed by atoms with Crippen LogP contribution in [0.2, 0.25) is 0 Å². The number of fused-ring (bicyclic) bond motifs is 1. The Kier molecular flexibility index (Phi) is 2.12. The summed E-state index contributed by atoms with van der Waals surface area (Å²) in [7, 11) is 2.28. The van der Waals surface area contributed by atoms with Gasteiger partial charge < -0.3 is 4.90 Å². The Morgan fingerprint density at radius 3 is 2.21 bits per heavy atom. The number of nitrogens with zero attached hydrogens (tertiary/aromatic N) is 1. The van der Waals surface area contributed by atoms with E-state index in [1.165, 1.54) is 25.9 Å². The van der Waals surface area contributed by atoms with Crippen LogP contribution in [-0.4, -0.2) is 25.0 Å². The van der Waals surface area contributed by atoms with E-state index in [9.17, 15) is 0 Å². The van der Waals surface area contributed by atoms with E-state index in [1.807, 2.05) is 0 Å². The van der Waals surface area contributed by atoms with E-state index in [1.54, 1.807) is 32.1 Å². The average molecular weight is 193 g/mol. The van der Waals surface area contributed by atoms with Gasteiger partial charge in [-0.3, -0.25) is 0 Å². The minimum Gasteiger partial charge on any atom is -0.306 e. The monoisotopic (exact) mass is 193 g/mol. The first kappa shape index (κ1) is 9.21. The Morgan fingerprint density at radius 1 is 0.929 bits per heavy atom. The zero-order valence-corrected chi connectivity index (χ0v) is 9.47. The van der Waals surface area contributed by atoms with Crippen molar-refractivity contribution in [3.8, 4) is 0 Å². The Hall–Kier alpha value is -0.0400. The summed E-state index contributed by atoms with van der Waals surface area (Å²) in [5, 5.41) is 0. The van der Waals surface area contributed by atoms with Crippen molar-refractivity contribution >= 4 is 0 Å². The molecule has 3 aliphatic rings. The zero-order chi connectivity index (χ0) is 9.60. The second kappa shape index (κ2) is 3.23. The summed E-state index contributed by atoms with van der Waals surface area (Å²) in [4.78, 5) is 2.51. The van der Waals surface area contributed by atoms with E-state index >= 15 is 0 Å². The number of hydrogen-bond acceptors (Lipinski definition) is 1. The van der Waals surface area contributed by atoms with Gasteiger partial charge in [0.25, 0.3) is 0 Å². The summed E-state index contributed by atoms with van der Waals surface area (Å²) >= 11 is 0. The second-order valence-electron chi connectivity index (χ2n) is 6.14. The molecule has 2 atom stereocenters. The van der Waals surface area contributed by atoms with Crippen LogP contribution in [0.25, 0.3) is 0 Å². The molecule has 1 heterocycles. The molecule has 3 fully saturated rings. The molecule has 0 aromatic rings. The topological polar surface area (TPSA) is 3.24 Å². The minimum absolute atomic E-state index is 0.800. The molecule has 0 N–H and O–H groups in total. The number of hydrogen-bond donors (Lipinski definition) is 0. The van der Waals surface area contributed by atoms with Crippen molar-refractivity contribution in [1.29, 1.82) is 0 Å². The third-order valence-corrected chi connectivity index (χ3v) is 5.36. The largest absolute Gasteiger partial charge is 0.306 e. The van der Waals surface area contributed by atoms with Crippen molar-refractivity contribution in [3.63, 3.8) is 0 Å². The molecule has 0 bridgehead atoms. The molecule has 3 rings (SSSR count). The molecular formula is C13H23N. The van der Waals surface area contributed by atoms with Crippen LogP contribution in [0.3, 0.4) is 0 Å². The van der Waals surface area contributed by atoms with Crippen LogP contribution in [0.4, 0.5) is 0 Å². The molecule has 80 valence electrons. The van der Waals surface area contributed by atoms with Gasteiger partial charge in [0.2, 0.25) is 0 Å². The highest BCUT2D eigenvalue weighted by Gasteiger charge is 2.45. The third-order valence-electron chi connectivity index (χ3n) is 5.36. The normalized spacial score (nSPS) is 41.8. The SMILES string of the molecule is CN1CCC2(CCC3CCC3C2)CC1. The van der Waals surface area contributed by atoms with Gasteiger partial charge in [-0.25, -0.2) is 0 Å². The van der Waals surface area contributed by atoms with E-state index in [0.29, 0.717) is 0 Å². The lowest BCUT2D eigenvalue weighted by Gasteiger charge is -2.52. The van der Waals surface area contributed by atoms with Crippen LogP contribution >= 0.6 is 0 Å². The first-order valence-electron chi connectivity index (χ1n) is 6.46. The lowest BCUT2D eigenvalue weighted by Crippen LogP contribution is -2.45. The van der Waals surface area contributed by atoms with E-state index in [4.69, 9.17) is 0 Å². The first-order chi connectivity index (χ1) is 6.77. The Bertz CT molecular complexity index is 210. The number of piperidine rings is 1. The van der Waals surface area contributed by atoms with Gasteiger partial charge in [-0.15, -0.1) is 0 Å². The molecule has 2 unspecified atom stereocenters. The van der Waals surface area contributed by atoms with Crippen LogP contribution in [0.1, 0.15) is 44.9 Å². The van der Waals surface area contributed by atoms with Crippen molar-refractivity contribution in [2.75, 3.05) is 20.1 Å². The van der Waals surface area contributed by atoms with E-state index in [0.717, 1.165) is 17.3 Å². The fraction of sp³-hybridized carbons (Fsp3) is 1.00. The molecule has 2 saturated carbocycles. The minimum atomic E-state index is 0.800. The van der Waals surface area contributed by atoms with E-state index < -0.39 is 0 Å². The van der Waals surface area contributed by atoms with Crippen LogP contribution in [-0.2, 0) is 0 Å². The molecule has 1 saturated heterocycles. The highest BCUT2D eigenvalue weighted by Crippen LogP contribution is 2.55. The summed E-state index contributed by atoms with van der Waals surface area (Å²) in [5.74, 6) is 2.30. The standard InChI is InChI=1S/C13H23N/c1-14-8-6-13(7-9-14)5-4-11-2-3-12(11)10-13/h11-12H,2-10H2,1H3. The molecule has 1 spiro atoms. The Morgan fingerprint density at radius 2 is 1.64 bits per heavy atom. The molecule has 0 aromatic heterocycles. The van der Waals surface area contributed by atoms with Crippen LogP contribution in [0.5, 0.6) is 0 Å². The second-order valence-corrected chi connectivity index (χ2v) is 6.14. The van der Waals surface area contributed by atoms with Crippen LogP contribution in [0.15, 0.2) is 0 Å². The predicted octanol–water partition coefficient (Wildman–Crippen LogP) is 2.91. The van der Waals surface area contributed by atoms with Crippen molar-refractivity contribution in [3.05, 3.63) is 0 Å². The Labute approximate surface area is 87.9 Å². The maximum atomic E-state index is 2.51. The summed E-state index contributed by atoms with van der Waals surface area (Å²) in [5.41, 5.74) is 0.800. The summed E-state index contributed by atoms with van der Waals surface area (Å²) < 4.78 is 0. The number of likely N-dealkylation sites (tertiary alicyclic amines) is 1. The van der Waals surface area contributed by atoms with Gasteiger partial charge in [-0.1, -0.05) is 0 Å². The van der Waals surface area contributed by atoms with Gasteiger partial charge in [0, 0.05) is 0 Å². The van der Waals surface area contributed by atoms with Gasteiger partial charge in [0.15, 0.2) is 0 Å². The lowest BCUT2D eigenvalue weighted by atomic mass is 9.55. The lowest BCUT2D eigenvalue weighted by molar-refractivity contribution is -0.0146. The van der Waals surface area contributed by atoms with Gasteiger partial charge in [-0.2, -0.15) is 0 Å². The van der Waals surface area contributed by atoms with Gasteiger partial charge in [0.1, 0.15) is 0 Å². The molecule has 1 nitrogen and oxygen atoms in total. The van der Waals surface area contributed by atoms with Gasteiger partial charge >= 0.3 is 0 Å². The number of rotatable bonds is 0. The third kappa shape index (κ3) is 1.41. The summed E-state index contributed by atoms with van der Waals surface area (Å²) in [6, 6.07) is 0. The molecule has 14 heavy (non-hydrogen) atoms. The van der Waals surface area contributed by atoms with Crippen molar-refractivity contribution in [2.24, 2.45) is 17.3 Å². The molecule has 0 aromatic carbocycles. The van der Waals surface area contributed by atoms with E-state index in [-0.39, 0.29) is 0 Å². The molecule has 0 amide bonds. The molecule has 0 radical (unpaired) electrons. The fourth-order valence-corrected chi connectivity index (χ4v) is 3.98. The van der Waals surface area contributed by atoms with E-state index in [2.05, 4.69) is 11.9 Å². The maximum absolute atomic E-state index is 2.51. The zero-order valence-electron chi connectivity index (χ0n) is 9.47. The quantitative estimate of drug-likeness (QED) is 0.572. The molecule has 1 aliphatic heterocycles. The predicted molar refractivity (Wildman–Crippen MR) is 59.2 cm³/mol. The Balaban J connectivity index is 1.66. The molecule has 1 heteroatoms. The first-order valence-corrected chi connectivity index (χ1v) is 6.46.